The number of likely N-dealkylation sites (N-methyl/N-ethyl adjacent to an activating group) is 3. The van der Waals surface area contributed by atoms with Crippen molar-refractivity contribution in [2.24, 2.45) is 15.4 Å². The molecule has 4 aliphatic heterocycles. The Morgan fingerprint density at radius 1 is 0.519 bits per heavy atom. The van der Waals surface area contributed by atoms with Gasteiger partial charge in [0.2, 0.25) is 0 Å². The number of tetrazole rings is 1. The van der Waals surface area contributed by atoms with Crippen molar-refractivity contribution in [3.63, 3.8) is 0 Å². The van der Waals surface area contributed by atoms with Gasteiger partial charge in [0.05, 0.1) is 54.3 Å². The molecule has 0 saturated carbocycles. The van der Waals surface area contributed by atoms with E-state index in [1.165, 1.54) is 25.4 Å². The minimum Gasteiger partial charge on any atom is -0.870 e. The maximum atomic E-state index is 13.2. The van der Waals surface area contributed by atoms with Crippen LogP contribution in [0.1, 0.15) is 102 Å². The molecule has 0 bridgehead atoms. The fraction of sp³-hybridized carbons (Fsp3) is 0.243. The Kier molecular flexibility index (Phi) is 27.1. The van der Waals surface area contributed by atoms with Gasteiger partial charge < -0.3 is 69.2 Å². The molecule has 3 atom stereocenters. The summed E-state index contributed by atoms with van der Waals surface area (Å²) < 4.78 is 34.9. The van der Waals surface area contributed by atoms with E-state index < -0.39 is 41.8 Å². The molecule has 4 aromatic heterocycles. The van der Waals surface area contributed by atoms with Gasteiger partial charge in [-0.3, -0.25) is 33.6 Å². The van der Waals surface area contributed by atoms with Crippen molar-refractivity contribution in [3.8, 4) is 40.8 Å². The summed E-state index contributed by atoms with van der Waals surface area (Å²) in [5.74, 6) is 0.424. The summed E-state index contributed by atoms with van der Waals surface area (Å²) in [6.45, 7) is 0.785. The zero-order valence-electron chi connectivity index (χ0n) is 58.1. The second-order valence-corrected chi connectivity index (χ2v) is 24.0. The van der Waals surface area contributed by atoms with Crippen LogP contribution >= 0.6 is 0 Å². The van der Waals surface area contributed by atoms with Crippen LogP contribution in [-0.4, -0.2) is 160 Å². The van der Waals surface area contributed by atoms with Crippen molar-refractivity contribution < 1.29 is 96.4 Å². The summed E-state index contributed by atoms with van der Waals surface area (Å²) in [5, 5.41) is 62.9. The van der Waals surface area contributed by atoms with Crippen molar-refractivity contribution in [1.29, 1.82) is 10.5 Å². The van der Waals surface area contributed by atoms with Gasteiger partial charge in [-0.2, -0.15) is 15.6 Å². The van der Waals surface area contributed by atoms with E-state index in [1.54, 1.807) is 81.8 Å². The number of nitrogens with one attached hydrogen (secondary N) is 4. The Morgan fingerprint density at radius 3 is 1.34 bits per heavy atom. The van der Waals surface area contributed by atoms with Gasteiger partial charge in [-0.25, -0.2) is 4.68 Å². The van der Waals surface area contributed by atoms with E-state index in [0.717, 1.165) is 22.3 Å². The molecule has 6 aromatic carbocycles. The third-order valence-electron chi connectivity index (χ3n) is 16.8. The van der Waals surface area contributed by atoms with Crippen molar-refractivity contribution >= 4 is 64.1 Å². The fourth-order valence-corrected chi connectivity index (χ4v) is 11.3. The third kappa shape index (κ3) is 19.3. The SMILES string of the molecule is C.CN1C(=O)[C@@H](NC(=O)c2cc(Cc3ccccc3)on2)COc2ccc(-c3nnnn3CCC#N)cc21.CN1C(=O)[C@@H](NC(=O)c2cc(Cc3ccccc3)on2)COc2ccc(C(=O)NCCC#N)cc21.CN1C(=O)[C@@H](NC(=O)c2cc(Cc3ccccc3)on2)COc2ccc(C3=NN=NC3)cc21.[Na+].[OH-]. The molecule has 34 heteroatoms. The first-order chi connectivity index (χ1) is 51.1. The largest absolute Gasteiger partial charge is 1.00 e. The Hall–Kier alpha value is -13.1. The van der Waals surface area contributed by atoms with Crippen LogP contribution in [0, 0.1) is 22.7 Å². The zero-order valence-corrected chi connectivity index (χ0v) is 60.1. The average Bonchev–Trinajstić information content (AvgIpc) is 1.60. The maximum absolute atomic E-state index is 13.2. The smallest absolute Gasteiger partial charge is 0.870 e. The number of hydrogen-bond acceptors (Lipinski definition) is 25. The number of fused-ring (bicyclic) bond motifs is 3. The Morgan fingerprint density at radius 2 is 0.926 bits per heavy atom. The van der Waals surface area contributed by atoms with Gasteiger partial charge in [-0.1, -0.05) is 114 Å². The van der Waals surface area contributed by atoms with E-state index in [2.05, 4.69) is 73.8 Å². The van der Waals surface area contributed by atoms with Gasteiger partial charge in [-0.15, -0.1) is 10.2 Å². The minimum atomic E-state index is -0.970. The van der Waals surface area contributed by atoms with Gasteiger partial charge in [0.1, 0.15) is 79.0 Å². The molecule has 5 N–H and O–H groups in total. The quantitative estimate of drug-likeness (QED) is 0.0654. The first-order valence-corrected chi connectivity index (χ1v) is 32.8. The predicted octanol–water partition coefficient (Wildman–Crippen LogP) is 4.10. The molecule has 8 heterocycles. The number of ether oxygens (including phenoxy) is 3. The number of aromatic nitrogens is 7. The number of nitrogens with zero attached hydrogens (tertiary/aromatic N) is 15. The fourth-order valence-electron chi connectivity index (χ4n) is 11.3. The summed E-state index contributed by atoms with van der Waals surface area (Å²) in [6.07, 6.45) is 1.94. The molecule has 0 spiro atoms. The van der Waals surface area contributed by atoms with Crippen LogP contribution in [0.3, 0.4) is 0 Å². The minimum absolute atomic E-state index is 0. The van der Waals surface area contributed by atoms with Crippen LogP contribution in [0.25, 0.3) is 11.4 Å². The number of amides is 7. The van der Waals surface area contributed by atoms with Crippen LogP contribution in [0.2, 0.25) is 0 Å². The van der Waals surface area contributed by atoms with E-state index in [0.29, 0.717) is 107 Å². The molecule has 14 rings (SSSR count). The van der Waals surface area contributed by atoms with Gasteiger partial charge >= 0.3 is 29.6 Å². The number of carbonyl (C=O) groups is 7. The van der Waals surface area contributed by atoms with Crippen molar-refractivity contribution in [2.45, 2.75) is 64.2 Å². The predicted molar refractivity (Wildman–Crippen MR) is 382 cm³/mol. The number of aryl methyl sites for hydroxylation is 1. The number of nitriles is 2. The van der Waals surface area contributed by atoms with Crippen LogP contribution in [0.5, 0.6) is 17.2 Å². The summed E-state index contributed by atoms with van der Waals surface area (Å²) >= 11 is 0. The topological polar surface area (TPSA) is 441 Å². The van der Waals surface area contributed by atoms with Crippen molar-refractivity contribution in [2.75, 3.05) is 68.8 Å². The Labute approximate surface area is 639 Å². The van der Waals surface area contributed by atoms with Gasteiger partial charge in [0, 0.05) is 81.8 Å². The van der Waals surface area contributed by atoms with Gasteiger partial charge in [0.15, 0.2) is 22.9 Å². The van der Waals surface area contributed by atoms with E-state index in [1.807, 2.05) is 103 Å². The van der Waals surface area contributed by atoms with Crippen molar-refractivity contribution in [3.05, 3.63) is 226 Å². The molecule has 0 fully saturated rings. The number of anilines is 3. The van der Waals surface area contributed by atoms with E-state index in [-0.39, 0.29) is 116 Å². The molecule has 0 aliphatic carbocycles. The maximum Gasteiger partial charge on any atom is 1.00 e. The molecule has 0 unspecified atom stereocenters. The Bertz CT molecular complexity index is 5010. The number of hydrogen-bond donors (Lipinski definition) is 4. The van der Waals surface area contributed by atoms with Crippen LogP contribution in [0.4, 0.5) is 17.1 Å². The molecule has 10 aromatic rings. The molecule has 546 valence electrons. The molecular weight excluding hydrogens is 1400 g/mol. The molecular formula is C74H70N19NaO14. The van der Waals surface area contributed by atoms with Crippen LogP contribution in [0.15, 0.2) is 193 Å². The molecule has 108 heavy (non-hydrogen) atoms. The van der Waals surface area contributed by atoms with Gasteiger partial charge in [-0.05, 0) is 86.9 Å². The van der Waals surface area contributed by atoms with Crippen molar-refractivity contribution in [1.82, 2.24) is 56.9 Å². The van der Waals surface area contributed by atoms with Gasteiger partial charge in [0.25, 0.3) is 41.4 Å². The van der Waals surface area contributed by atoms with Crippen LogP contribution < -0.4 is 79.7 Å². The third-order valence-corrected chi connectivity index (χ3v) is 16.8. The van der Waals surface area contributed by atoms with E-state index >= 15 is 0 Å². The monoisotopic (exact) mass is 1470 g/mol. The van der Waals surface area contributed by atoms with E-state index in [9.17, 15) is 33.6 Å². The summed E-state index contributed by atoms with van der Waals surface area (Å²) in [6, 6.07) is 50.3. The standard InChI is InChI=1S/C25H22N8O4.C25H23N5O5.C23H20N6O4.CH4.Na.H2O/c1-32-21-13-17(23-28-30-31-33(23)11-5-10-26)8-9-22(21)36-15-20(25(32)35)27-24(34)19-14-18(37-29-19)12-16-6-3-2-4-7-16;1-30-21-13-17(23(31)27-11-5-10-26)8-9-22(21)34-15-20(25(30)33)28-24(32)19-14-18(35-29-19)12-16-6-3-2-4-7-16;1-29-20-10-15(18-12-24-28-26-18)7-8-21(20)32-13-19(23(29)31)25-22(30)17-11-16(33-27-17)9-14-5-3-2-4-6-14;;;/h2-4,6-9,13-14,20H,5,11-12,15H2,1H3,(H,27,34);2-4,6-9,13-14,20H,5,11-12,15H2,1H3,(H,27,31)(H,28,32);2-8,10-11,19H,9,12-13H2,1H3,(H,25,30);1H4;;1H2/q;;;;+1;/p-1/t2*20-;19-;;;/m000.../s1. The number of rotatable bonds is 19. The average molecular weight is 1470 g/mol. The van der Waals surface area contributed by atoms with Crippen LogP contribution in [-0.2, 0) is 40.2 Å². The Balaban J connectivity index is 0.000000185. The molecule has 0 saturated heterocycles. The number of benzene rings is 6. The molecule has 33 nitrogen and oxygen atoms in total. The summed E-state index contributed by atoms with van der Waals surface area (Å²) in [4.78, 5) is 94.3. The van der Waals surface area contributed by atoms with E-state index in [4.69, 9.17) is 38.3 Å². The summed E-state index contributed by atoms with van der Waals surface area (Å²) in [7, 11) is 4.78. The molecule has 7 amide bonds. The second kappa shape index (κ2) is 37.1. The number of carbonyl (C=O) groups excluding carboxylic acids is 7. The first-order valence-electron chi connectivity index (χ1n) is 32.8. The summed E-state index contributed by atoms with van der Waals surface area (Å²) in [5.41, 5.74) is 7.28. The molecule has 0 radical (unpaired) electrons. The first kappa shape index (κ1) is 79.0. The molecule has 4 aliphatic rings. The normalized spacial score (nSPS) is 15.2. The second-order valence-electron chi connectivity index (χ2n) is 24.0. The zero-order chi connectivity index (χ0) is 73.3.